The van der Waals surface area contributed by atoms with Crippen LogP contribution in [0.1, 0.15) is 0 Å². The Morgan fingerprint density at radius 1 is 1.20 bits per heavy atom. The fraction of sp³-hybridized carbons (Fsp3) is 0.100. The molecule has 0 aliphatic rings. The maximum Gasteiger partial charge on any atom is 0.259 e. The third-order valence-electron chi connectivity index (χ3n) is 1.93. The van der Waals surface area contributed by atoms with Gasteiger partial charge in [-0.1, -0.05) is 30.3 Å². The lowest BCUT2D eigenvalue weighted by Gasteiger charge is -2.09. The van der Waals surface area contributed by atoms with E-state index in [0.29, 0.717) is 5.95 Å². The van der Waals surface area contributed by atoms with Gasteiger partial charge in [-0.3, -0.25) is 5.01 Å². The van der Waals surface area contributed by atoms with E-state index in [9.17, 15) is 0 Å². The van der Waals surface area contributed by atoms with Gasteiger partial charge < -0.3 is 0 Å². The molecule has 0 saturated carbocycles. The van der Waals surface area contributed by atoms with Crippen molar-refractivity contribution in [3.63, 3.8) is 0 Å². The lowest BCUT2D eigenvalue weighted by Crippen LogP contribution is -2.27. The highest BCUT2D eigenvalue weighted by molar-refractivity contribution is 5.58. The number of hydrogen-bond acceptors (Lipinski definition) is 5. The Hall–Kier alpha value is -2.01. The van der Waals surface area contributed by atoms with Gasteiger partial charge >= 0.3 is 0 Å². The molecule has 5 nitrogen and oxygen atoms in total. The van der Waals surface area contributed by atoms with Crippen molar-refractivity contribution in [2.24, 2.45) is 5.84 Å². The van der Waals surface area contributed by atoms with Crippen molar-refractivity contribution >= 4 is 5.95 Å². The number of nitrogens with two attached hydrogens (primary N) is 1. The Morgan fingerprint density at radius 3 is 2.60 bits per heavy atom. The standard InChI is InChI=1S/C10H11N5/c1-15(11)10-13-9(7-12-14-10)8-5-3-2-4-6-8/h2-7H,11H2,1H3. The highest BCUT2D eigenvalue weighted by Crippen LogP contribution is 2.15. The van der Waals surface area contributed by atoms with Crippen LogP contribution in [0.5, 0.6) is 0 Å². The zero-order valence-electron chi connectivity index (χ0n) is 8.33. The average Bonchev–Trinajstić information content (AvgIpc) is 2.30. The van der Waals surface area contributed by atoms with Crippen LogP contribution in [0.15, 0.2) is 36.5 Å². The van der Waals surface area contributed by atoms with Crippen molar-refractivity contribution in [1.82, 2.24) is 15.2 Å². The zero-order chi connectivity index (χ0) is 10.7. The van der Waals surface area contributed by atoms with E-state index >= 15 is 0 Å². The molecule has 0 saturated heterocycles. The molecule has 1 aromatic heterocycles. The molecule has 2 N–H and O–H groups in total. The van der Waals surface area contributed by atoms with Gasteiger partial charge in [-0.05, 0) is 0 Å². The smallest absolute Gasteiger partial charge is 0.259 e. The third kappa shape index (κ3) is 2.08. The monoisotopic (exact) mass is 201 g/mol. The van der Waals surface area contributed by atoms with Gasteiger partial charge in [0.2, 0.25) is 0 Å². The van der Waals surface area contributed by atoms with Crippen molar-refractivity contribution < 1.29 is 0 Å². The molecule has 0 aliphatic heterocycles. The summed E-state index contributed by atoms with van der Waals surface area (Å²) >= 11 is 0. The van der Waals surface area contributed by atoms with E-state index < -0.39 is 0 Å². The summed E-state index contributed by atoms with van der Waals surface area (Å²) in [6, 6.07) is 9.77. The second-order valence-electron chi connectivity index (χ2n) is 3.12. The molecule has 76 valence electrons. The Balaban J connectivity index is 2.42. The van der Waals surface area contributed by atoms with Crippen LogP contribution in [0.3, 0.4) is 0 Å². The van der Waals surface area contributed by atoms with Gasteiger partial charge in [0, 0.05) is 12.6 Å². The molecular formula is C10H11N5. The van der Waals surface area contributed by atoms with Gasteiger partial charge in [0.1, 0.15) is 0 Å². The maximum absolute atomic E-state index is 5.53. The highest BCUT2D eigenvalue weighted by Gasteiger charge is 2.03. The molecule has 1 aromatic carbocycles. The van der Waals surface area contributed by atoms with E-state index in [-0.39, 0.29) is 0 Å². The van der Waals surface area contributed by atoms with E-state index in [2.05, 4.69) is 15.2 Å². The minimum absolute atomic E-state index is 0.399. The largest absolute Gasteiger partial charge is 0.281 e. The normalized spacial score (nSPS) is 10.0. The summed E-state index contributed by atoms with van der Waals surface area (Å²) in [5.74, 6) is 5.93. The van der Waals surface area contributed by atoms with Crippen molar-refractivity contribution in [3.8, 4) is 11.3 Å². The first-order chi connectivity index (χ1) is 7.27. The molecule has 15 heavy (non-hydrogen) atoms. The molecule has 0 spiro atoms. The molecule has 5 heteroatoms. The van der Waals surface area contributed by atoms with Crippen LogP contribution in [0.25, 0.3) is 11.3 Å². The Kier molecular flexibility index (Phi) is 2.55. The Morgan fingerprint density at radius 2 is 1.93 bits per heavy atom. The van der Waals surface area contributed by atoms with Crippen LogP contribution >= 0.6 is 0 Å². The minimum atomic E-state index is 0.399. The van der Waals surface area contributed by atoms with Gasteiger partial charge in [-0.15, -0.1) is 5.10 Å². The van der Waals surface area contributed by atoms with Crippen LogP contribution in [-0.2, 0) is 0 Å². The fourth-order valence-electron chi connectivity index (χ4n) is 1.19. The van der Waals surface area contributed by atoms with Gasteiger partial charge in [-0.25, -0.2) is 10.8 Å². The zero-order valence-corrected chi connectivity index (χ0v) is 8.33. The SMILES string of the molecule is CN(N)c1nncc(-c2ccccc2)n1. The number of hydrazine groups is 1. The van der Waals surface area contributed by atoms with Crippen molar-refractivity contribution in [1.29, 1.82) is 0 Å². The number of rotatable bonds is 2. The molecule has 0 radical (unpaired) electrons. The lowest BCUT2D eigenvalue weighted by atomic mass is 10.2. The molecule has 0 amide bonds. The Labute approximate surface area is 87.6 Å². The molecule has 0 fully saturated rings. The first kappa shape index (κ1) is 9.54. The summed E-state index contributed by atoms with van der Waals surface area (Å²) in [7, 11) is 1.67. The van der Waals surface area contributed by atoms with Crippen LogP contribution < -0.4 is 10.9 Å². The second kappa shape index (κ2) is 4.02. The van der Waals surface area contributed by atoms with Gasteiger partial charge in [0.15, 0.2) is 0 Å². The highest BCUT2D eigenvalue weighted by atomic mass is 15.5. The fourth-order valence-corrected chi connectivity index (χ4v) is 1.19. The average molecular weight is 201 g/mol. The van der Waals surface area contributed by atoms with Gasteiger partial charge in [0.05, 0.1) is 11.9 Å². The summed E-state index contributed by atoms with van der Waals surface area (Å²) in [6.45, 7) is 0. The number of hydrogen-bond donors (Lipinski definition) is 1. The summed E-state index contributed by atoms with van der Waals surface area (Å²) in [5, 5.41) is 8.99. The Bertz CT molecular complexity index is 441. The van der Waals surface area contributed by atoms with Gasteiger partial charge in [0.25, 0.3) is 5.95 Å². The maximum atomic E-state index is 5.53. The molecule has 0 unspecified atom stereocenters. The van der Waals surface area contributed by atoms with E-state index in [0.717, 1.165) is 11.3 Å². The molecule has 2 aromatic rings. The van der Waals surface area contributed by atoms with Crippen LogP contribution in [0.4, 0.5) is 5.95 Å². The van der Waals surface area contributed by atoms with Crippen molar-refractivity contribution in [2.45, 2.75) is 0 Å². The number of aromatic nitrogens is 3. The topological polar surface area (TPSA) is 67.9 Å². The first-order valence-corrected chi connectivity index (χ1v) is 4.51. The van der Waals surface area contributed by atoms with E-state index in [1.54, 1.807) is 13.2 Å². The van der Waals surface area contributed by atoms with E-state index in [1.807, 2.05) is 30.3 Å². The minimum Gasteiger partial charge on any atom is -0.281 e. The molecule has 0 aliphatic carbocycles. The first-order valence-electron chi connectivity index (χ1n) is 4.51. The lowest BCUT2D eigenvalue weighted by molar-refractivity contribution is 0.871. The van der Waals surface area contributed by atoms with Crippen molar-refractivity contribution in [2.75, 3.05) is 12.1 Å². The predicted octanol–water partition coefficient (Wildman–Crippen LogP) is 0.848. The number of benzene rings is 1. The summed E-state index contributed by atoms with van der Waals surface area (Å²) in [4.78, 5) is 4.27. The molecule has 0 atom stereocenters. The number of anilines is 1. The quantitative estimate of drug-likeness (QED) is 0.576. The third-order valence-corrected chi connectivity index (χ3v) is 1.93. The van der Waals surface area contributed by atoms with Gasteiger partial charge in [-0.2, -0.15) is 5.10 Å². The summed E-state index contributed by atoms with van der Waals surface area (Å²) < 4.78 is 0. The second-order valence-corrected chi connectivity index (χ2v) is 3.12. The molecule has 1 heterocycles. The van der Waals surface area contributed by atoms with Crippen molar-refractivity contribution in [3.05, 3.63) is 36.5 Å². The van der Waals surface area contributed by atoms with Crippen LogP contribution in [-0.4, -0.2) is 22.2 Å². The molecular weight excluding hydrogens is 190 g/mol. The predicted molar refractivity (Wildman–Crippen MR) is 57.9 cm³/mol. The van der Waals surface area contributed by atoms with Crippen LogP contribution in [0, 0.1) is 0 Å². The molecule has 0 bridgehead atoms. The summed E-state index contributed by atoms with van der Waals surface area (Å²) in [5.41, 5.74) is 1.76. The van der Waals surface area contributed by atoms with Crippen LogP contribution in [0.2, 0.25) is 0 Å². The molecule has 2 rings (SSSR count). The van der Waals surface area contributed by atoms with E-state index in [4.69, 9.17) is 5.84 Å². The summed E-state index contributed by atoms with van der Waals surface area (Å²) in [6.07, 6.45) is 1.61. The van der Waals surface area contributed by atoms with E-state index in [1.165, 1.54) is 5.01 Å². The number of nitrogens with zero attached hydrogens (tertiary/aromatic N) is 4.